The van der Waals surface area contributed by atoms with Crippen LogP contribution in [0, 0.1) is 0 Å². The molecule has 4 N–H and O–H groups in total. The summed E-state index contributed by atoms with van der Waals surface area (Å²) in [5.41, 5.74) is 1.63. The second kappa shape index (κ2) is 12.0. The summed E-state index contributed by atoms with van der Waals surface area (Å²) in [5.74, 6) is 0.468. The van der Waals surface area contributed by atoms with Crippen molar-refractivity contribution in [2.24, 2.45) is 4.99 Å². The molecule has 31 heavy (non-hydrogen) atoms. The molecule has 1 amide bonds. The number of nitrogens with zero attached hydrogens (tertiary/aromatic N) is 2. The fourth-order valence-corrected chi connectivity index (χ4v) is 3.69. The molecule has 0 unspecified atom stereocenters. The Bertz CT molecular complexity index is 848. The van der Waals surface area contributed by atoms with Gasteiger partial charge in [-0.25, -0.2) is 0 Å². The summed E-state index contributed by atoms with van der Waals surface area (Å²) in [6.45, 7) is 6.80. The molecule has 0 radical (unpaired) electrons. The first-order valence-electron chi connectivity index (χ1n) is 11.0. The van der Waals surface area contributed by atoms with E-state index in [-0.39, 0.29) is 17.2 Å². The number of likely N-dealkylation sites (tertiary alicyclic amines) is 1. The van der Waals surface area contributed by atoms with E-state index in [1.165, 1.54) is 11.6 Å². The molecule has 1 aliphatic heterocycles. The van der Waals surface area contributed by atoms with Gasteiger partial charge in [-0.15, -0.1) is 0 Å². The van der Waals surface area contributed by atoms with Crippen LogP contribution in [0.3, 0.4) is 0 Å². The highest BCUT2D eigenvalue weighted by molar-refractivity contribution is 5.96. The highest BCUT2D eigenvalue weighted by Crippen LogP contribution is 2.15. The molecule has 1 fully saturated rings. The molecule has 0 atom stereocenters. The summed E-state index contributed by atoms with van der Waals surface area (Å²) in [7, 11) is 0. The van der Waals surface area contributed by atoms with Crippen LogP contribution >= 0.6 is 0 Å². The van der Waals surface area contributed by atoms with Crippen LogP contribution in [0.4, 0.5) is 0 Å². The Morgan fingerprint density at radius 2 is 1.77 bits per heavy atom. The molecule has 0 bridgehead atoms. The number of guanidine groups is 1. The maximum atomic E-state index is 12.2. The van der Waals surface area contributed by atoms with Gasteiger partial charge in [0.1, 0.15) is 5.75 Å². The lowest BCUT2D eigenvalue weighted by Crippen LogP contribution is -2.48. The lowest BCUT2D eigenvalue weighted by molar-refractivity contribution is 0.0952. The molecule has 1 saturated heterocycles. The van der Waals surface area contributed by atoms with Gasteiger partial charge in [-0.3, -0.25) is 14.7 Å². The predicted octanol–water partition coefficient (Wildman–Crippen LogP) is 2.34. The van der Waals surface area contributed by atoms with Gasteiger partial charge < -0.3 is 21.1 Å². The number of hydrogen-bond acceptors (Lipinski definition) is 4. The van der Waals surface area contributed by atoms with Crippen molar-refractivity contribution in [3.63, 3.8) is 0 Å². The van der Waals surface area contributed by atoms with Crippen molar-refractivity contribution in [2.75, 3.05) is 32.7 Å². The van der Waals surface area contributed by atoms with E-state index in [2.05, 4.69) is 56.2 Å². The molecule has 0 aromatic heterocycles. The monoisotopic (exact) mass is 423 g/mol. The molecular formula is C24H33N5O2. The number of carbonyl (C=O) groups is 1. The summed E-state index contributed by atoms with van der Waals surface area (Å²) >= 11 is 0. The molecule has 0 aliphatic carbocycles. The quantitative estimate of drug-likeness (QED) is 0.297. The van der Waals surface area contributed by atoms with Crippen LogP contribution in [0.1, 0.15) is 35.7 Å². The van der Waals surface area contributed by atoms with Crippen molar-refractivity contribution in [1.29, 1.82) is 0 Å². The van der Waals surface area contributed by atoms with Gasteiger partial charge in [0, 0.05) is 38.8 Å². The molecule has 7 nitrogen and oxygen atoms in total. The Balaban J connectivity index is 1.41. The Morgan fingerprint density at radius 1 is 1.06 bits per heavy atom. The summed E-state index contributed by atoms with van der Waals surface area (Å²) in [6, 6.07) is 17.5. The van der Waals surface area contributed by atoms with Crippen molar-refractivity contribution >= 4 is 11.9 Å². The number of aliphatic imine (C=N–C) groups is 1. The van der Waals surface area contributed by atoms with Gasteiger partial charge in [0.2, 0.25) is 0 Å². The molecule has 0 saturated carbocycles. The SMILES string of the molecule is CCNC(=NCCNC(=O)c1ccccc1O)NC1CCN(Cc2ccccc2)CC1. The number of carbonyl (C=O) groups excluding carboxylic acids is 1. The Labute approximate surface area is 184 Å². The van der Waals surface area contributed by atoms with Gasteiger partial charge in [-0.1, -0.05) is 42.5 Å². The van der Waals surface area contributed by atoms with E-state index >= 15 is 0 Å². The van der Waals surface area contributed by atoms with Crippen molar-refractivity contribution in [3.05, 3.63) is 65.7 Å². The van der Waals surface area contributed by atoms with E-state index in [9.17, 15) is 9.90 Å². The third-order valence-electron chi connectivity index (χ3n) is 5.34. The van der Waals surface area contributed by atoms with Gasteiger partial charge in [0.15, 0.2) is 5.96 Å². The van der Waals surface area contributed by atoms with Gasteiger partial charge in [0.05, 0.1) is 12.1 Å². The number of piperidine rings is 1. The second-order valence-corrected chi connectivity index (χ2v) is 7.71. The normalized spacial score (nSPS) is 15.5. The van der Waals surface area contributed by atoms with Crippen LogP contribution in [-0.4, -0.2) is 60.6 Å². The maximum absolute atomic E-state index is 12.2. The Morgan fingerprint density at radius 3 is 2.48 bits per heavy atom. The van der Waals surface area contributed by atoms with Crippen LogP contribution in [-0.2, 0) is 6.54 Å². The third kappa shape index (κ3) is 7.29. The molecule has 1 heterocycles. The van der Waals surface area contributed by atoms with Gasteiger partial charge in [0.25, 0.3) is 5.91 Å². The first-order chi connectivity index (χ1) is 15.2. The average molecular weight is 424 g/mol. The summed E-state index contributed by atoms with van der Waals surface area (Å²) in [6.07, 6.45) is 2.14. The zero-order valence-corrected chi connectivity index (χ0v) is 18.2. The predicted molar refractivity (Wildman–Crippen MR) is 124 cm³/mol. The molecule has 166 valence electrons. The minimum Gasteiger partial charge on any atom is -0.507 e. The number of nitrogens with one attached hydrogen (secondary N) is 3. The molecule has 3 rings (SSSR count). The van der Waals surface area contributed by atoms with Crippen LogP contribution < -0.4 is 16.0 Å². The number of rotatable bonds is 8. The van der Waals surface area contributed by atoms with Crippen molar-refractivity contribution in [2.45, 2.75) is 32.4 Å². The van der Waals surface area contributed by atoms with Crippen molar-refractivity contribution < 1.29 is 9.90 Å². The first-order valence-corrected chi connectivity index (χ1v) is 11.0. The fraction of sp³-hybridized carbons (Fsp3) is 0.417. The number of benzene rings is 2. The minimum atomic E-state index is -0.294. The van der Waals surface area contributed by atoms with E-state index in [1.807, 2.05) is 6.92 Å². The van der Waals surface area contributed by atoms with Gasteiger partial charge >= 0.3 is 0 Å². The lowest BCUT2D eigenvalue weighted by atomic mass is 10.0. The number of para-hydroxylation sites is 1. The molecule has 7 heteroatoms. The minimum absolute atomic E-state index is 0.0166. The van der Waals surface area contributed by atoms with Crippen LogP contribution in [0.2, 0.25) is 0 Å². The molecule has 1 aliphatic rings. The number of hydrogen-bond donors (Lipinski definition) is 4. The second-order valence-electron chi connectivity index (χ2n) is 7.71. The molecular weight excluding hydrogens is 390 g/mol. The van der Waals surface area contributed by atoms with Gasteiger partial charge in [-0.05, 0) is 37.5 Å². The number of amides is 1. The molecule has 0 spiro atoms. The van der Waals surface area contributed by atoms with Crippen LogP contribution in [0.5, 0.6) is 5.75 Å². The highest BCUT2D eigenvalue weighted by atomic mass is 16.3. The Hall–Kier alpha value is -3.06. The van der Waals surface area contributed by atoms with E-state index < -0.39 is 0 Å². The highest BCUT2D eigenvalue weighted by Gasteiger charge is 2.20. The maximum Gasteiger partial charge on any atom is 0.255 e. The third-order valence-corrected chi connectivity index (χ3v) is 5.34. The van der Waals surface area contributed by atoms with E-state index in [1.54, 1.807) is 18.2 Å². The average Bonchev–Trinajstić information content (AvgIpc) is 2.79. The smallest absolute Gasteiger partial charge is 0.255 e. The van der Waals surface area contributed by atoms with E-state index in [0.29, 0.717) is 19.1 Å². The first kappa shape index (κ1) is 22.6. The Kier molecular flexibility index (Phi) is 8.72. The topological polar surface area (TPSA) is 89.0 Å². The molecule has 2 aromatic carbocycles. The standard InChI is InChI=1S/C24H33N5O2/c1-2-25-24(27-15-14-26-23(31)21-10-6-7-11-22(21)30)28-20-12-16-29(17-13-20)18-19-8-4-3-5-9-19/h3-11,20,30H,2,12-18H2,1H3,(H,26,31)(H2,25,27,28). The lowest BCUT2D eigenvalue weighted by Gasteiger charge is -2.33. The summed E-state index contributed by atoms with van der Waals surface area (Å²) < 4.78 is 0. The van der Waals surface area contributed by atoms with Crippen LogP contribution in [0.25, 0.3) is 0 Å². The molecule has 2 aromatic rings. The number of phenolic OH excluding ortho intramolecular Hbond substituents is 1. The van der Waals surface area contributed by atoms with Crippen molar-refractivity contribution in [1.82, 2.24) is 20.9 Å². The summed E-state index contributed by atoms with van der Waals surface area (Å²) in [5, 5.41) is 19.4. The van der Waals surface area contributed by atoms with Crippen molar-refractivity contribution in [3.8, 4) is 5.75 Å². The fourth-order valence-electron chi connectivity index (χ4n) is 3.69. The van der Waals surface area contributed by atoms with E-state index in [0.717, 1.165) is 45.0 Å². The van der Waals surface area contributed by atoms with E-state index in [4.69, 9.17) is 0 Å². The zero-order valence-electron chi connectivity index (χ0n) is 18.2. The number of phenols is 1. The van der Waals surface area contributed by atoms with Crippen LogP contribution in [0.15, 0.2) is 59.6 Å². The van der Waals surface area contributed by atoms with Gasteiger partial charge in [-0.2, -0.15) is 0 Å². The largest absolute Gasteiger partial charge is 0.507 e. The summed E-state index contributed by atoms with van der Waals surface area (Å²) in [4.78, 5) is 19.2. The number of aromatic hydroxyl groups is 1. The zero-order chi connectivity index (χ0) is 21.9.